The molecule has 2 aromatic rings. The average Bonchev–Trinajstić information content (AvgIpc) is 3.21. The van der Waals surface area contributed by atoms with E-state index in [4.69, 9.17) is 9.72 Å². The monoisotopic (exact) mass is 366 g/mol. The minimum absolute atomic E-state index is 0.0308. The fourth-order valence-corrected chi connectivity index (χ4v) is 3.96. The van der Waals surface area contributed by atoms with Gasteiger partial charge in [-0.3, -0.25) is 4.79 Å². The minimum atomic E-state index is -0.637. The van der Waals surface area contributed by atoms with Gasteiger partial charge in [0.25, 0.3) is 0 Å². The van der Waals surface area contributed by atoms with Crippen LogP contribution in [0.4, 0.5) is 11.6 Å². The molecule has 1 fully saturated rings. The molecule has 2 heterocycles. The van der Waals surface area contributed by atoms with Gasteiger partial charge in [0.15, 0.2) is 0 Å². The van der Waals surface area contributed by atoms with Gasteiger partial charge in [0, 0.05) is 25.0 Å². The van der Waals surface area contributed by atoms with Crippen LogP contribution in [-0.2, 0) is 21.4 Å². The largest absolute Gasteiger partial charge is 0.376 e. The third-order valence-electron chi connectivity index (χ3n) is 5.56. The Labute approximate surface area is 159 Å². The molecule has 2 N–H and O–H groups in total. The molecule has 1 saturated heterocycles. The van der Waals surface area contributed by atoms with Gasteiger partial charge in [-0.2, -0.15) is 0 Å². The predicted molar refractivity (Wildman–Crippen MR) is 104 cm³/mol. The summed E-state index contributed by atoms with van der Waals surface area (Å²) >= 11 is 0. The number of anilines is 2. The summed E-state index contributed by atoms with van der Waals surface area (Å²) in [5.41, 5.74) is 2.20. The van der Waals surface area contributed by atoms with Crippen LogP contribution in [0.3, 0.4) is 0 Å². The van der Waals surface area contributed by atoms with Crippen molar-refractivity contribution in [3.05, 3.63) is 47.8 Å². The normalized spacial score (nSPS) is 24.3. The molecule has 4 rings (SSSR count). The summed E-state index contributed by atoms with van der Waals surface area (Å²) in [4.78, 5) is 22.3. The highest BCUT2D eigenvalue weighted by Crippen LogP contribution is 2.36. The maximum absolute atomic E-state index is 13.1. The summed E-state index contributed by atoms with van der Waals surface area (Å²) in [7, 11) is 0. The lowest BCUT2D eigenvalue weighted by atomic mass is 9.74. The van der Waals surface area contributed by atoms with Crippen molar-refractivity contribution in [1.29, 1.82) is 0 Å². The second-order valence-electron chi connectivity index (χ2n) is 7.59. The zero-order valence-electron chi connectivity index (χ0n) is 15.7. The van der Waals surface area contributed by atoms with E-state index < -0.39 is 5.41 Å². The molecule has 2 aliphatic rings. The van der Waals surface area contributed by atoms with Crippen molar-refractivity contribution in [1.82, 2.24) is 15.3 Å². The molecule has 1 aromatic carbocycles. The number of aryl methyl sites for hydroxylation is 1. The molecule has 2 atom stereocenters. The third-order valence-corrected chi connectivity index (χ3v) is 5.56. The minimum Gasteiger partial charge on any atom is -0.376 e. The van der Waals surface area contributed by atoms with Crippen LogP contribution in [0.5, 0.6) is 0 Å². The number of fused-ring (bicyclic) bond motifs is 1. The molecular formula is C21H26N4O2. The van der Waals surface area contributed by atoms with Crippen molar-refractivity contribution in [3.63, 3.8) is 0 Å². The highest BCUT2D eigenvalue weighted by molar-refractivity contribution is 5.88. The van der Waals surface area contributed by atoms with Crippen LogP contribution in [0.25, 0.3) is 0 Å². The van der Waals surface area contributed by atoms with Gasteiger partial charge in [0.1, 0.15) is 0 Å². The molecule has 0 spiro atoms. The van der Waals surface area contributed by atoms with E-state index in [1.165, 1.54) is 0 Å². The van der Waals surface area contributed by atoms with Gasteiger partial charge in [-0.25, -0.2) is 9.97 Å². The summed E-state index contributed by atoms with van der Waals surface area (Å²) in [6.07, 6.45) is 6.75. The molecule has 27 heavy (non-hydrogen) atoms. The smallest absolute Gasteiger partial charge is 0.232 e. The second kappa shape index (κ2) is 7.64. The van der Waals surface area contributed by atoms with E-state index in [0.717, 1.165) is 55.7 Å². The lowest BCUT2D eigenvalue weighted by molar-refractivity contribution is -0.127. The van der Waals surface area contributed by atoms with E-state index in [1.54, 1.807) is 0 Å². The van der Waals surface area contributed by atoms with Crippen LogP contribution < -0.4 is 10.6 Å². The Balaban J connectivity index is 1.54. The van der Waals surface area contributed by atoms with Gasteiger partial charge in [-0.15, -0.1) is 0 Å². The van der Waals surface area contributed by atoms with Gasteiger partial charge in [0.2, 0.25) is 11.9 Å². The van der Waals surface area contributed by atoms with Gasteiger partial charge >= 0.3 is 0 Å². The zero-order chi connectivity index (χ0) is 18.7. The van der Waals surface area contributed by atoms with Crippen LogP contribution in [0.15, 0.2) is 36.5 Å². The molecule has 1 aliphatic heterocycles. The molecular weight excluding hydrogens is 340 g/mol. The van der Waals surface area contributed by atoms with Crippen LogP contribution in [0.1, 0.15) is 43.9 Å². The fourth-order valence-electron chi connectivity index (χ4n) is 3.96. The standard InChI is InChI=1S/C21H26N4O2/c1-21(19(26)22-14-17-10-6-12-27-17)11-5-7-15-13-23-20(25-18(15)21)24-16-8-3-2-4-9-16/h2-4,8-9,13,17H,5-7,10-12,14H2,1H3,(H,22,26)(H,23,24,25). The number of hydrogen-bond acceptors (Lipinski definition) is 5. The van der Waals surface area contributed by atoms with Crippen molar-refractivity contribution in [2.24, 2.45) is 0 Å². The SMILES string of the molecule is CC1(C(=O)NCC2CCCO2)CCCc2cnc(Nc3ccccc3)nc21. The predicted octanol–water partition coefficient (Wildman–Crippen LogP) is 3.11. The second-order valence-corrected chi connectivity index (χ2v) is 7.59. The number of ether oxygens (including phenoxy) is 1. The quantitative estimate of drug-likeness (QED) is 0.850. The van der Waals surface area contributed by atoms with Gasteiger partial charge in [-0.1, -0.05) is 18.2 Å². The van der Waals surface area contributed by atoms with E-state index in [0.29, 0.717) is 12.5 Å². The number of carbonyl (C=O) groups is 1. The topological polar surface area (TPSA) is 76.1 Å². The molecule has 0 radical (unpaired) electrons. The molecule has 6 nitrogen and oxygen atoms in total. The summed E-state index contributed by atoms with van der Waals surface area (Å²) in [5, 5.41) is 6.33. The van der Waals surface area contributed by atoms with E-state index >= 15 is 0 Å². The Morgan fingerprint density at radius 3 is 2.93 bits per heavy atom. The Morgan fingerprint density at radius 1 is 1.30 bits per heavy atom. The van der Waals surface area contributed by atoms with E-state index in [1.807, 2.05) is 43.5 Å². The molecule has 2 unspecified atom stereocenters. The first-order valence-electron chi connectivity index (χ1n) is 9.73. The Morgan fingerprint density at radius 2 is 2.15 bits per heavy atom. The Kier molecular flexibility index (Phi) is 5.07. The van der Waals surface area contributed by atoms with Crippen molar-refractivity contribution in [2.45, 2.75) is 50.5 Å². The molecule has 1 aromatic heterocycles. The first kappa shape index (κ1) is 17.9. The van der Waals surface area contributed by atoms with Crippen molar-refractivity contribution >= 4 is 17.5 Å². The van der Waals surface area contributed by atoms with Crippen molar-refractivity contribution in [3.8, 4) is 0 Å². The maximum atomic E-state index is 13.1. The average molecular weight is 366 g/mol. The van der Waals surface area contributed by atoms with Gasteiger partial charge in [0.05, 0.1) is 17.2 Å². The molecule has 142 valence electrons. The van der Waals surface area contributed by atoms with Crippen molar-refractivity contribution in [2.75, 3.05) is 18.5 Å². The summed E-state index contributed by atoms with van der Waals surface area (Å²) < 4.78 is 5.63. The molecule has 0 bridgehead atoms. The number of hydrogen-bond donors (Lipinski definition) is 2. The first-order chi connectivity index (χ1) is 13.1. The van der Waals surface area contributed by atoms with E-state index in [2.05, 4.69) is 15.6 Å². The number of rotatable bonds is 5. The zero-order valence-corrected chi connectivity index (χ0v) is 15.7. The van der Waals surface area contributed by atoms with Gasteiger partial charge in [-0.05, 0) is 56.7 Å². The summed E-state index contributed by atoms with van der Waals surface area (Å²) in [6.45, 7) is 3.36. The van der Waals surface area contributed by atoms with Crippen LogP contribution in [-0.4, -0.2) is 35.1 Å². The number of aromatic nitrogens is 2. The number of nitrogens with zero attached hydrogens (tertiary/aromatic N) is 2. The van der Waals surface area contributed by atoms with Gasteiger partial charge < -0.3 is 15.4 Å². The summed E-state index contributed by atoms with van der Waals surface area (Å²) in [6, 6.07) is 9.83. The third kappa shape index (κ3) is 3.81. The molecule has 1 amide bonds. The number of benzene rings is 1. The first-order valence-corrected chi connectivity index (χ1v) is 9.73. The van der Waals surface area contributed by atoms with E-state index in [9.17, 15) is 4.79 Å². The van der Waals surface area contributed by atoms with Crippen LogP contribution in [0, 0.1) is 0 Å². The fraction of sp³-hybridized carbons (Fsp3) is 0.476. The number of amides is 1. The molecule has 1 aliphatic carbocycles. The lowest BCUT2D eigenvalue weighted by Gasteiger charge is -2.33. The number of nitrogens with one attached hydrogen (secondary N) is 2. The highest BCUT2D eigenvalue weighted by atomic mass is 16.5. The number of para-hydroxylation sites is 1. The van der Waals surface area contributed by atoms with Crippen molar-refractivity contribution < 1.29 is 9.53 Å². The molecule has 6 heteroatoms. The highest BCUT2D eigenvalue weighted by Gasteiger charge is 2.41. The Bertz CT molecular complexity index is 805. The Hall–Kier alpha value is -2.47. The number of carbonyl (C=O) groups excluding carboxylic acids is 1. The summed E-state index contributed by atoms with van der Waals surface area (Å²) in [5.74, 6) is 0.559. The van der Waals surface area contributed by atoms with Crippen LogP contribution in [0.2, 0.25) is 0 Å². The van der Waals surface area contributed by atoms with Crippen LogP contribution >= 0.6 is 0 Å². The molecule has 0 saturated carbocycles. The maximum Gasteiger partial charge on any atom is 0.232 e. The lowest BCUT2D eigenvalue weighted by Crippen LogP contribution is -2.47. The van der Waals surface area contributed by atoms with E-state index in [-0.39, 0.29) is 12.0 Å².